The number of alkyl carbamates (subject to hydrolysis) is 1. The highest BCUT2D eigenvalue weighted by Crippen LogP contribution is 2.25. The van der Waals surface area contributed by atoms with Gasteiger partial charge >= 0.3 is 18.4 Å². The Morgan fingerprint density at radius 3 is 1.38 bits per heavy atom. The molecule has 2 heterocycles. The maximum atomic E-state index is 11.9. The van der Waals surface area contributed by atoms with E-state index in [1.165, 1.54) is 84.3 Å². The van der Waals surface area contributed by atoms with E-state index in [4.69, 9.17) is 19.9 Å². The molecule has 52 heavy (non-hydrogen) atoms. The zero-order chi connectivity index (χ0) is 39.1. The van der Waals surface area contributed by atoms with Crippen molar-refractivity contribution in [2.24, 2.45) is 5.73 Å². The molecule has 0 aromatic rings. The molecule has 2 aliphatic heterocycles. The van der Waals surface area contributed by atoms with E-state index in [2.05, 4.69) is 43.5 Å². The van der Waals surface area contributed by atoms with Crippen LogP contribution in [0.1, 0.15) is 128 Å². The van der Waals surface area contributed by atoms with E-state index >= 15 is 0 Å². The fourth-order valence-electron chi connectivity index (χ4n) is 7.13. The average Bonchev–Trinajstić information content (AvgIpc) is 3.03. The number of piperazine rings is 2. The van der Waals surface area contributed by atoms with Gasteiger partial charge in [0.1, 0.15) is 16.8 Å². The fraction of sp³-hybridized carbons (Fsp3) is 0.923. The molecule has 3 N–H and O–H groups in total. The third-order valence-corrected chi connectivity index (χ3v) is 9.74. The molecule has 0 radical (unpaired) electrons. The first kappa shape index (κ1) is 46.0. The van der Waals surface area contributed by atoms with Gasteiger partial charge in [-0.15, -0.1) is 0 Å². The highest BCUT2D eigenvalue weighted by atomic mass is 16.8. The molecule has 304 valence electrons. The molecule has 13 heteroatoms. The first-order valence-electron chi connectivity index (χ1n) is 20.0. The predicted molar refractivity (Wildman–Crippen MR) is 207 cm³/mol. The van der Waals surface area contributed by atoms with E-state index in [1.807, 2.05) is 20.8 Å². The van der Waals surface area contributed by atoms with Gasteiger partial charge in [-0.3, -0.25) is 9.80 Å². The maximum absolute atomic E-state index is 11.9. The summed E-state index contributed by atoms with van der Waals surface area (Å²) in [6, 6.07) is 2.13. The number of likely N-dealkylation sites (N-methyl/N-ethyl adjacent to an activating group) is 2. The van der Waals surface area contributed by atoms with Gasteiger partial charge in [-0.05, 0) is 120 Å². The van der Waals surface area contributed by atoms with Crippen molar-refractivity contribution in [2.75, 3.05) is 65.4 Å². The van der Waals surface area contributed by atoms with E-state index in [9.17, 15) is 14.4 Å². The van der Waals surface area contributed by atoms with Crippen LogP contribution in [0.2, 0.25) is 0 Å². The number of rotatable bonds is 5. The number of hydrogen-bond acceptors (Lipinski definition) is 12. The minimum atomic E-state index is -1.06. The molecule has 4 fully saturated rings. The highest BCUT2D eigenvalue weighted by Gasteiger charge is 2.31. The highest BCUT2D eigenvalue weighted by molar-refractivity contribution is 5.77. The van der Waals surface area contributed by atoms with E-state index in [0.717, 1.165) is 38.5 Å². The lowest BCUT2D eigenvalue weighted by Crippen LogP contribution is -2.53. The second kappa shape index (κ2) is 21.6. The maximum Gasteiger partial charge on any atom is 0.519 e. The summed E-state index contributed by atoms with van der Waals surface area (Å²) in [4.78, 5) is 44.3. The molecule has 4 rings (SSSR count). The molecule has 4 aliphatic rings. The average molecular weight is 741 g/mol. The summed E-state index contributed by atoms with van der Waals surface area (Å²) in [6.45, 7) is 32.3. The number of carbonyl (C=O) groups is 3. The monoisotopic (exact) mass is 741 g/mol. The van der Waals surface area contributed by atoms with E-state index in [-0.39, 0.29) is 12.1 Å². The van der Waals surface area contributed by atoms with Crippen LogP contribution in [0.3, 0.4) is 0 Å². The summed E-state index contributed by atoms with van der Waals surface area (Å²) in [7, 11) is 0. The van der Waals surface area contributed by atoms with Gasteiger partial charge in [0, 0.05) is 76.5 Å². The van der Waals surface area contributed by atoms with Crippen molar-refractivity contribution in [2.45, 2.75) is 168 Å². The number of ether oxygens (including phenoxy) is 4. The van der Waals surface area contributed by atoms with Crippen LogP contribution in [0.4, 0.5) is 14.4 Å². The summed E-state index contributed by atoms with van der Waals surface area (Å²) < 4.78 is 19.2. The van der Waals surface area contributed by atoms with Gasteiger partial charge in [0.2, 0.25) is 0 Å². The Morgan fingerprint density at radius 1 is 0.596 bits per heavy atom. The van der Waals surface area contributed by atoms with Crippen molar-refractivity contribution in [3.63, 3.8) is 0 Å². The van der Waals surface area contributed by atoms with Gasteiger partial charge in [0.05, 0.1) is 0 Å². The van der Waals surface area contributed by atoms with Crippen LogP contribution >= 0.6 is 0 Å². The Kier molecular flexibility index (Phi) is 19.1. The summed E-state index contributed by atoms with van der Waals surface area (Å²) in [5.74, 6) is 0. The molecule has 1 amide bonds. The van der Waals surface area contributed by atoms with Crippen molar-refractivity contribution in [3.05, 3.63) is 0 Å². The Morgan fingerprint density at radius 2 is 1.00 bits per heavy atom. The molecule has 13 nitrogen and oxygen atoms in total. The summed E-state index contributed by atoms with van der Waals surface area (Å²) in [5.41, 5.74) is 4.24. The lowest BCUT2D eigenvalue weighted by molar-refractivity contribution is -0.0294. The Bertz CT molecular complexity index is 1030. The number of nitrogens with two attached hydrogens (primary N) is 1. The molecule has 0 bridgehead atoms. The van der Waals surface area contributed by atoms with E-state index < -0.39 is 29.1 Å². The number of amides is 1. The lowest BCUT2D eigenvalue weighted by Gasteiger charge is -2.42. The molecule has 2 saturated heterocycles. The van der Waals surface area contributed by atoms with Crippen LogP contribution in [-0.4, -0.2) is 144 Å². The van der Waals surface area contributed by atoms with Crippen LogP contribution in [-0.2, 0) is 18.9 Å². The minimum absolute atomic E-state index is 0.262. The number of carbonyl (C=O) groups excluding carboxylic acids is 3. The Labute approximate surface area is 315 Å². The molecule has 0 spiro atoms. The van der Waals surface area contributed by atoms with E-state index in [0.29, 0.717) is 12.1 Å². The molecule has 2 saturated carbocycles. The molecule has 4 atom stereocenters. The van der Waals surface area contributed by atoms with Gasteiger partial charge in [-0.1, -0.05) is 20.3 Å². The minimum Gasteiger partial charge on any atom is -0.444 e. The zero-order valence-electron chi connectivity index (χ0n) is 34.8. The van der Waals surface area contributed by atoms with Crippen molar-refractivity contribution < 1.29 is 33.3 Å². The Balaban J connectivity index is 0.000000279. The zero-order valence-corrected chi connectivity index (χ0v) is 34.8. The summed E-state index contributed by atoms with van der Waals surface area (Å²) in [6.07, 6.45) is 7.38. The van der Waals surface area contributed by atoms with Crippen LogP contribution in [0.5, 0.6) is 0 Å². The fourth-order valence-corrected chi connectivity index (χ4v) is 7.13. The van der Waals surface area contributed by atoms with Crippen molar-refractivity contribution >= 4 is 18.4 Å². The van der Waals surface area contributed by atoms with Gasteiger partial charge in [0.25, 0.3) is 0 Å². The van der Waals surface area contributed by atoms with Crippen molar-refractivity contribution in [1.82, 2.24) is 24.9 Å². The number of nitrogens with zero attached hydrogens (tertiary/aromatic N) is 4. The van der Waals surface area contributed by atoms with Gasteiger partial charge < -0.3 is 39.8 Å². The normalized spacial score (nSPS) is 25.7. The molecular formula is C39H76N6O7. The largest absolute Gasteiger partial charge is 0.519 e. The van der Waals surface area contributed by atoms with E-state index in [1.54, 1.807) is 41.5 Å². The smallest absolute Gasteiger partial charge is 0.444 e. The number of hydrogen-bond donors (Lipinski definition) is 2. The van der Waals surface area contributed by atoms with Crippen LogP contribution in [0.15, 0.2) is 0 Å². The standard InChI is InChI=1S/C17H33N3O2.C12H25N3.C10H18O5/c1-5-19-9-11-20(12-10-19)15-8-6-7-14(13-15)18-16(21)22-17(2,3)4;1-2-14-6-8-15(9-7-14)12-5-3-4-11(13)10-12;1-9(2,3)14-7(11)13-8(12)15-10(4,5)6/h14-15H,5-13H2,1-4H3,(H,18,21);11-12H,2-10,13H2,1H3;1-6H3. The van der Waals surface area contributed by atoms with Crippen LogP contribution < -0.4 is 11.1 Å². The quantitative estimate of drug-likeness (QED) is 0.188. The number of nitrogens with one attached hydrogen (secondary N) is 1. The van der Waals surface area contributed by atoms with Crippen molar-refractivity contribution in [1.29, 1.82) is 0 Å². The lowest BCUT2D eigenvalue weighted by atomic mass is 9.89. The second-order valence-corrected chi connectivity index (χ2v) is 17.7. The van der Waals surface area contributed by atoms with Crippen LogP contribution in [0.25, 0.3) is 0 Å². The molecule has 0 aromatic heterocycles. The molecule has 2 aliphatic carbocycles. The third-order valence-electron chi connectivity index (χ3n) is 9.74. The van der Waals surface area contributed by atoms with Crippen LogP contribution in [0, 0.1) is 0 Å². The van der Waals surface area contributed by atoms with Gasteiger partial charge in [0.15, 0.2) is 0 Å². The molecular weight excluding hydrogens is 664 g/mol. The first-order chi connectivity index (χ1) is 24.2. The summed E-state index contributed by atoms with van der Waals surface area (Å²) in [5, 5.41) is 3.07. The second-order valence-electron chi connectivity index (χ2n) is 17.7. The third kappa shape index (κ3) is 19.8. The topological polar surface area (TPSA) is 139 Å². The molecule has 0 aromatic carbocycles. The van der Waals surface area contributed by atoms with Gasteiger partial charge in [-0.25, -0.2) is 14.4 Å². The predicted octanol–water partition coefficient (Wildman–Crippen LogP) is 6.23. The Hall–Kier alpha value is -2.19. The first-order valence-corrected chi connectivity index (χ1v) is 20.0. The molecule has 4 unspecified atom stereocenters. The SMILES string of the molecule is CC(C)(C)OC(=O)OC(=O)OC(C)(C)C.CCN1CCN(C2CCCC(N)C2)CC1.CCN1CCN(C2CCCC(NC(=O)OC(C)(C)C)C2)CC1. The summed E-state index contributed by atoms with van der Waals surface area (Å²) >= 11 is 0. The van der Waals surface area contributed by atoms with Gasteiger partial charge in [-0.2, -0.15) is 0 Å². The van der Waals surface area contributed by atoms with Crippen molar-refractivity contribution in [3.8, 4) is 0 Å².